The van der Waals surface area contributed by atoms with Crippen LogP contribution in [0.5, 0.6) is 0 Å². The maximum Gasteiger partial charge on any atom is 0.308 e. The monoisotopic (exact) mass is 213 g/mol. The first-order valence-corrected chi connectivity index (χ1v) is 6.03. The highest BCUT2D eigenvalue weighted by atomic mass is 16.4. The lowest BCUT2D eigenvalue weighted by atomic mass is 9.99. The van der Waals surface area contributed by atoms with Gasteiger partial charge in [-0.15, -0.1) is 0 Å². The lowest BCUT2D eigenvalue weighted by Crippen LogP contribution is -2.28. The summed E-state index contributed by atoms with van der Waals surface area (Å²) >= 11 is 0. The van der Waals surface area contributed by atoms with Crippen molar-refractivity contribution in [3.05, 3.63) is 0 Å². The molecule has 0 radical (unpaired) electrons. The molecule has 0 saturated carbocycles. The summed E-state index contributed by atoms with van der Waals surface area (Å²) in [7, 11) is 0. The lowest BCUT2D eigenvalue weighted by molar-refractivity contribution is -0.142. The standard InChI is InChI=1S/C12H23NO2/c1-4-10(5-2)7-13-6-9(3)11(8-13)12(14)15/h9-11H,4-8H2,1-3H3,(H,14,15)/t9-,11-/m1/s1. The predicted octanol–water partition coefficient (Wildman–Crippen LogP) is 2.08. The van der Waals surface area contributed by atoms with Gasteiger partial charge in [-0.25, -0.2) is 0 Å². The number of nitrogens with zero attached hydrogens (tertiary/aromatic N) is 1. The highest BCUT2D eigenvalue weighted by Gasteiger charge is 2.34. The van der Waals surface area contributed by atoms with Crippen LogP contribution in [0.15, 0.2) is 0 Å². The fourth-order valence-electron chi connectivity index (χ4n) is 2.45. The van der Waals surface area contributed by atoms with Gasteiger partial charge in [-0.2, -0.15) is 0 Å². The first-order valence-electron chi connectivity index (χ1n) is 6.03. The SMILES string of the molecule is CCC(CC)CN1C[C@@H](C)[C@H](C(=O)O)C1. The van der Waals surface area contributed by atoms with Crippen LogP contribution in [0.1, 0.15) is 33.6 Å². The number of rotatable bonds is 5. The summed E-state index contributed by atoms with van der Waals surface area (Å²) in [6.45, 7) is 9.23. The van der Waals surface area contributed by atoms with Crippen molar-refractivity contribution < 1.29 is 9.90 Å². The third-order valence-corrected chi connectivity index (χ3v) is 3.68. The van der Waals surface area contributed by atoms with E-state index < -0.39 is 5.97 Å². The summed E-state index contributed by atoms with van der Waals surface area (Å²) in [6, 6.07) is 0. The van der Waals surface area contributed by atoms with Crippen molar-refractivity contribution >= 4 is 5.97 Å². The average Bonchev–Trinajstić information content (AvgIpc) is 2.56. The van der Waals surface area contributed by atoms with E-state index in [0.29, 0.717) is 5.92 Å². The summed E-state index contributed by atoms with van der Waals surface area (Å²) in [4.78, 5) is 13.3. The highest BCUT2D eigenvalue weighted by Crippen LogP contribution is 2.24. The fraction of sp³-hybridized carbons (Fsp3) is 0.917. The van der Waals surface area contributed by atoms with E-state index in [1.807, 2.05) is 6.92 Å². The molecule has 0 aromatic heterocycles. The van der Waals surface area contributed by atoms with Crippen LogP contribution in [-0.4, -0.2) is 35.6 Å². The second-order valence-corrected chi connectivity index (χ2v) is 4.82. The number of carbonyl (C=O) groups is 1. The van der Waals surface area contributed by atoms with Gasteiger partial charge < -0.3 is 10.0 Å². The van der Waals surface area contributed by atoms with Crippen molar-refractivity contribution in [2.75, 3.05) is 19.6 Å². The molecular formula is C12H23NO2. The zero-order valence-corrected chi connectivity index (χ0v) is 10.1. The molecule has 0 aliphatic carbocycles. The van der Waals surface area contributed by atoms with Crippen molar-refractivity contribution in [1.82, 2.24) is 4.90 Å². The normalized spacial score (nSPS) is 27.5. The maximum atomic E-state index is 11.0. The van der Waals surface area contributed by atoms with E-state index in [4.69, 9.17) is 5.11 Å². The molecule has 1 rings (SSSR count). The Bertz CT molecular complexity index is 214. The minimum Gasteiger partial charge on any atom is -0.481 e. The maximum absolute atomic E-state index is 11.0. The van der Waals surface area contributed by atoms with E-state index in [1.54, 1.807) is 0 Å². The molecular weight excluding hydrogens is 190 g/mol. The summed E-state index contributed by atoms with van der Waals surface area (Å²) in [5.41, 5.74) is 0. The van der Waals surface area contributed by atoms with E-state index >= 15 is 0 Å². The summed E-state index contributed by atoms with van der Waals surface area (Å²) < 4.78 is 0. The number of hydrogen-bond acceptors (Lipinski definition) is 2. The van der Waals surface area contributed by atoms with Gasteiger partial charge in [-0.1, -0.05) is 33.6 Å². The molecule has 0 bridgehead atoms. The molecule has 3 nitrogen and oxygen atoms in total. The van der Waals surface area contributed by atoms with E-state index in [2.05, 4.69) is 18.7 Å². The average molecular weight is 213 g/mol. The van der Waals surface area contributed by atoms with Crippen LogP contribution in [0.25, 0.3) is 0 Å². The molecule has 2 atom stereocenters. The Morgan fingerprint density at radius 3 is 2.40 bits per heavy atom. The summed E-state index contributed by atoms with van der Waals surface area (Å²) in [5.74, 6) is 0.246. The first-order chi connectivity index (χ1) is 7.08. The Hall–Kier alpha value is -0.570. The van der Waals surface area contributed by atoms with Gasteiger partial charge in [0, 0.05) is 19.6 Å². The number of likely N-dealkylation sites (tertiary alicyclic amines) is 1. The number of carboxylic acid groups (broad SMARTS) is 1. The van der Waals surface area contributed by atoms with Crippen LogP contribution >= 0.6 is 0 Å². The van der Waals surface area contributed by atoms with Gasteiger partial charge in [0.1, 0.15) is 0 Å². The smallest absolute Gasteiger partial charge is 0.308 e. The van der Waals surface area contributed by atoms with Crippen molar-refractivity contribution in [3.8, 4) is 0 Å². The van der Waals surface area contributed by atoms with E-state index in [1.165, 1.54) is 12.8 Å². The minimum absolute atomic E-state index is 0.153. The van der Waals surface area contributed by atoms with E-state index in [0.717, 1.165) is 25.6 Å². The van der Waals surface area contributed by atoms with Crippen LogP contribution < -0.4 is 0 Å². The third-order valence-electron chi connectivity index (χ3n) is 3.68. The Morgan fingerprint density at radius 1 is 1.40 bits per heavy atom. The van der Waals surface area contributed by atoms with Crippen LogP contribution in [0.2, 0.25) is 0 Å². The molecule has 1 fully saturated rings. The minimum atomic E-state index is -0.630. The second kappa shape index (κ2) is 5.50. The molecule has 1 N–H and O–H groups in total. The third kappa shape index (κ3) is 3.20. The quantitative estimate of drug-likeness (QED) is 0.760. The zero-order chi connectivity index (χ0) is 11.4. The molecule has 1 heterocycles. The fourth-order valence-corrected chi connectivity index (χ4v) is 2.45. The van der Waals surface area contributed by atoms with Crippen LogP contribution in [0.3, 0.4) is 0 Å². The largest absolute Gasteiger partial charge is 0.481 e. The zero-order valence-electron chi connectivity index (χ0n) is 10.1. The molecule has 0 amide bonds. The Balaban J connectivity index is 2.44. The summed E-state index contributed by atoms with van der Waals surface area (Å²) in [5, 5.41) is 9.02. The number of aliphatic carboxylic acids is 1. The van der Waals surface area contributed by atoms with Crippen LogP contribution in [0.4, 0.5) is 0 Å². The Morgan fingerprint density at radius 2 is 2.00 bits per heavy atom. The van der Waals surface area contributed by atoms with Crippen molar-refractivity contribution in [1.29, 1.82) is 0 Å². The van der Waals surface area contributed by atoms with E-state index in [9.17, 15) is 4.79 Å². The van der Waals surface area contributed by atoms with Crippen molar-refractivity contribution in [2.24, 2.45) is 17.8 Å². The van der Waals surface area contributed by atoms with Gasteiger partial charge >= 0.3 is 5.97 Å². The molecule has 0 aromatic rings. The Kier molecular flexibility index (Phi) is 4.58. The molecule has 3 heteroatoms. The lowest BCUT2D eigenvalue weighted by Gasteiger charge is -2.21. The summed E-state index contributed by atoms with van der Waals surface area (Å²) in [6.07, 6.45) is 2.39. The molecule has 1 aliphatic rings. The topological polar surface area (TPSA) is 40.5 Å². The molecule has 0 spiro atoms. The molecule has 0 unspecified atom stereocenters. The van der Waals surface area contributed by atoms with Gasteiger partial charge in [0.05, 0.1) is 5.92 Å². The molecule has 15 heavy (non-hydrogen) atoms. The van der Waals surface area contributed by atoms with Crippen LogP contribution in [-0.2, 0) is 4.79 Å². The van der Waals surface area contributed by atoms with Crippen molar-refractivity contribution in [3.63, 3.8) is 0 Å². The van der Waals surface area contributed by atoms with E-state index in [-0.39, 0.29) is 5.92 Å². The molecule has 88 valence electrons. The highest BCUT2D eigenvalue weighted by molar-refractivity contribution is 5.71. The van der Waals surface area contributed by atoms with Gasteiger partial charge in [-0.3, -0.25) is 4.79 Å². The van der Waals surface area contributed by atoms with Gasteiger partial charge in [0.2, 0.25) is 0 Å². The van der Waals surface area contributed by atoms with Gasteiger partial charge in [-0.05, 0) is 11.8 Å². The van der Waals surface area contributed by atoms with Gasteiger partial charge in [0.15, 0.2) is 0 Å². The molecule has 1 saturated heterocycles. The van der Waals surface area contributed by atoms with Crippen molar-refractivity contribution in [2.45, 2.75) is 33.6 Å². The number of carboxylic acids is 1. The first kappa shape index (κ1) is 12.5. The predicted molar refractivity (Wildman–Crippen MR) is 60.8 cm³/mol. The Labute approximate surface area is 92.5 Å². The second-order valence-electron chi connectivity index (χ2n) is 4.82. The molecule has 1 aliphatic heterocycles. The molecule has 0 aromatic carbocycles. The van der Waals surface area contributed by atoms with Gasteiger partial charge in [0.25, 0.3) is 0 Å². The van der Waals surface area contributed by atoms with Crippen LogP contribution in [0, 0.1) is 17.8 Å². The number of hydrogen-bond donors (Lipinski definition) is 1.